The van der Waals surface area contributed by atoms with Gasteiger partial charge in [0, 0.05) is 11.3 Å². The maximum atomic E-state index is 12.2. The van der Waals surface area contributed by atoms with Gasteiger partial charge in [0.15, 0.2) is 4.21 Å². The molecule has 0 fully saturated rings. The average Bonchev–Trinajstić information content (AvgIpc) is 3.12. The smallest absolute Gasteiger partial charge is 0.348 e. The summed E-state index contributed by atoms with van der Waals surface area (Å²) in [5.41, 5.74) is 8.22. The highest BCUT2D eigenvalue weighted by molar-refractivity contribution is 7.89. The lowest BCUT2D eigenvalue weighted by Crippen LogP contribution is -2.08. The van der Waals surface area contributed by atoms with E-state index in [1.807, 2.05) is 42.5 Å². The lowest BCUT2D eigenvalue weighted by Gasteiger charge is -2.07. The molecule has 0 radical (unpaired) electrons. The third-order valence-corrected chi connectivity index (χ3v) is 5.86. The van der Waals surface area contributed by atoms with Gasteiger partial charge in [-0.25, -0.2) is 0 Å². The Kier molecular flexibility index (Phi) is 4.69. The van der Waals surface area contributed by atoms with Crippen molar-refractivity contribution in [3.8, 4) is 5.75 Å². The summed E-state index contributed by atoms with van der Waals surface area (Å²) in [5, 5.41) is 1.69. The Morgan fingerprint density at radius 1 is 0.958 bits per heavy atom. The number of rotatable bonds is 5. The Morgan fingerprint density at radius 3 is 2.46 bits per heavy atom. The first kappa shape index (κ1) is 16.3. The van der Waals surface area contributed by atoms with Crippen LogP contribution in [-0.4, -0.2) is 8.42 Å². The van der Waals surface area contributed by atoms with Crippen LogP contribution in [0.25, 0.3) is 12.2 Å². The van der Waals surface area contributed by atoms with Crippen LogP contribution in [0.5, 0.6) is 5.75 Å². The van der Waals surface area contributed by atoms with Gasteiger partial charge in [-0.15, -0.1) is 11.3 Å². The minimum absolute atomic E-state index is 0.167. The zero-order valence-corrected chi connectivity index (χ0v) is 14.3. The first-order valence-corrected chi connectivity index (χ1v) is 9.44. The maximum absolute atomic E-state index is 12.2. The van der Waals surface area contributed by atoms with E-state index in [1.165, 1.54) is 6.07 Å². The average molecular weight is 357 g/mol. The lowest BCUT2D eigenvalue weighted by molar-refractivity contribution is 0.488. The highest BCUT2D eigenvalue weighted by atomic mass is 32.3. The van der Waals surface area contributed by atoms with Crippen LogP contribution in [0.4, 0.5) is 5.69 Å². The standard InChI is InChI=1S/C18H15NO3S2/c19-17-11-10-16(22-24(20,21)18-7-4-12-23-18)13-15(17)9-8-14-5-2-1-3-6-14/h1-13H,19H2. The third-order valence-electron chi connectivity index (χ3n) is 3.26. The molecule has 0 bridgehead atoms. The van der Waals surface area contributed by atoms with Gasteiger partial charge in [0.1, 0.15) is 5.75 Å². The minimum atomic E-state index is -3.81. The molecule has 1 aromatic heterocycles. The molecule has 122 valence electrons. The summed E-state index contributed by atoms with van der Waals surface area (Å²) < 4.78 is 29.7. The van der Waals surface area contributed by atoms with Gasteiger partial charge in [0.05, 0.1) is 0 Å². The summed E-state index contributed by atoms with van der Waals surface area (Å²) in [5.74, 6) is 0.227. The fourth-order valence-electron chi connectivity index (χ4n) is 2.07. The maximum Gasteiger partial charge on any atom is 0.348 e. The molecule has 0 aliphatic rings. The van der Waals surface area contributed by atoms with Crippen molar-refractivity contribution in [1.29, 1.82) is 0 Å². The van der Waals surface area contributed by atoms with Gasteiger partial charge in [-0.05, 0) is 35.2 Å². The first-order chi connectivity index (χ1) is 11.5. The Bertz CT molecular complexity index is 947. The summed E-state index contributed by atoms with van der Waals surface area (Å²) in [6, 6.07) is 17.7. The summed E-state index contributed by atoms with van der Waals surface area (Å²) in [7, 11) is -3.81. The van der Waals surface area contributed by atoms with Gasteiger partial charge in [0.2, 0.25) is 0 Å². The minimum Gasteiger partial charge on any atom is -0.398 e. The van der Waals surface area contributed by atoms with E-state index in [0.29, 0.717) is 11.3 Å². The SMILES string of the molecule is Nc1ccc(OS(=O)(=O)c2cccs2)cc1C=Cc1ccccc1. The molecular weight excluding hydrogens is 342 g/mol. The van der Waals surface area contributed by atoms with Gasteiger partial charge in [-0.1, -0.05) is 48.6 Å². The van der Waals surface area contributed by atoms with Crippen LogP contribution < -0.4 is 9.92 Å². The first-order valence-electron chi connectivity index (χ1n) is 7.15. The predicted molar refractivity (Wildman–Crippen MR) is 98.4 cm³/mol. The van der Waals surface area contributed by atoms with Gasteiger partial charge >= 0.3 is 10.1 Å². The van der Waals surface area contributed by atoms with E-state index in [2.05, 4.69) is 0 Å². The van der Waals surface area contributed by atoms with E-state index < -0.39 is 10.1 Å². The molecule has 0 aliphatic carbocycles. The van der Waals surface area contributed by atoms with E-state index in [4.69, 9.17) is 9.92 Å². The molecule has 2 aromatic carbocycles. The lowest BCUT2D eigenvalue weighted by atomic mass is 10.1. The fraction of sp³-hybridized carbons (Fsp3) is 0. The molecule has 24 heavy (non-hydrogen) atoms. The van der Waals surface area contributed by atoms with Crippen molar-refractivity contribution in [2.75, 3.05) is 5.73 Å². The summed E-state index contributed by atoms with van der Waals surface area (Å²) in [6.45, 7) is 0. The van der Waals surface area contributed by atoms with Crippen LogP contribution in [0.15, 0.2) is 70.3 Å². The van der Waals surface area contributed by atoms with E-state index in [-0.39, 0.29) is 9.96 Å². The highest BCUT2D eigenvalue weighted by Gasteiger charge is 2.17. The Hall–Kier alpha value is -2.57. The quantitative estimate of drug-likeness (QED) is 0.421. The highest BCUT2D eigenvalue weighted by Crippen LogP contribution is 2.26. The molecule has 4 nitrogen and oxygen atoms in total. The second-order valence-electron chi connectivity index (χ2n) is 5.00. The largest absolute Gasteiger partial charge is 0.398 e. The second-order valence-corrected chi connectivity index (χ2v) is 7.73. The molecule has 2 N–H and O–H groups in total. The van der Waals surface area contributed by atoms with Crippen LogP contribution in [0.2, 0.25) is 0 Å². The molecule has 0 unspecified atom stereocenters. The van der Waals surface area contributed by atoms with Crippen molar-refractivity contribution < 1.29 is 12.6 Å². The Labute approximate surface area is 145 Å². The van der Waals surface area contributed by atoms with E-state index in [1.54, 1.807) is 29.6 Å². The molecule has 3 aromatic rings. The molecule has 6 heteroatoms. The molecule has 0 aliphatic heterocycles. The second kappa shape index (κ2) is 6.90. The zero-order valence-electron chi connectivity index (χ0n) is 12.6. The van der Waals surface area contributed by atoms with Crippen LogP contribution in [0, 0.1) is 0 Å². The summed E-state index contributed by atoms with van der Waals surface area (Å²) in [4.78, 5) is 0. The number of nitrogens with two attached hydrogens (primary N) is 1. The van der Waals surface area contributed by atoms with Crippen molar-refractivity contribution in [3.05, 3.63) is 77.2 Å². The molecule has 0 atom stereocenters. The molecule has 0 saturated carbocycles. The van der Waals surface area contributed by atoms with Gasteiger partial charge in [-0.3, -0.25) is 0 Å². The molecule has 0 spiro atoms. The van der Waals surface area contributed by atoms with Crippen molar-refractivity contribution in [1.82, 2.24) is 0 Å². The summed E-state index contributed by atoms with van der Waals surface area (Å²) in [6.07, 6.45) is 3.73. The number of benzene rings is 2. The topological polar surface area (TPSA) is 69.4 Å². The van der Waals surface area contributed by atoms with Crippen molar-refractivity contribution >= 4 is 39.3 Å². The Balaban J connectivity index is 1.85. The molecule has 0 saturated heterocycles. The molecule has 0 amide bonds. The number of hydrogen-bond donors (Lipinski definition) is 1. The van der Waals surface area contributed by atoms with E-state index >= 15 is 0 Å². The van der Waals surface area contributed by atoms with Crippen LogP contribution in [0.1, 0.15) is 11.1 Å². The number of anilines is 1. The van der Waals surface area contributed by atoms with E-state index in [9.17, 15) is 8.42 Å². The Morgan fingerprint density at radius 2 is 1.75 bits per heavy atom. The van der Waals surface area contributed by atoms with Crippen LogP contribution in [-0.2, 0) is 10.1 Å². The van der Waals surface area contributed by atoms with E-state index in [0.717, 1.165) is 16.9 Å². The molecule has 3 rings (SSSR count). The number of hydrogen-bond acceptors (Lipinski definition) is 5. The van der Waals surface area contributed by atoms with Gasteiger partial charge < -0.3 is 9.92 Å². The zero-order chi connectivity index (χ0) is 17.0. The summed E-state index contributed by atoms with van der Waals surface area (Å²) >= 11 is 1.11. The molecular formula is C18H15NO3S2. The van der Waals surface area contributed by atoms with Crippen molar-refractivity contribution in [2.24, 2.45) is 0 Å². The predicted octanol–water partition coefficient (Wildman–Crippen LogP) is 4.27. The van der Waals surface area contributed by atoms with Crippen molar-refractivity contribution in [2.45, 2.75) is 4.21 Å². The number of thiophene rings is 1. The normalized spacial score (nSPS) is 11.7. The van der Waals surface area contributed by atoms with Gasteiger partial charge in [0.25, 0.3) is 0 Å². The van der Waals surface area contributed by atoms with Crippen LogP contribution >= 0.6 is 11.3 Å². The third kappa shape index (κ3) is 3.84. The van der Waals surface area contributed by atoms with Gasteiger partial charge in [-0.2, -0.15) is 8.42 Å². The molecule has 1 heterocycles. The fourth-order valence-corrected chi connectivity index (χ4v) is 3.95. The number of nitrogen functional groups attached to an aromatic ring is 1. The van der Waals surface area contributed by atoms with Crippen molar-refractivity contribution in [3.63, 3.8) is 0 Å². The monoisotopic (exact) mass is 357 g/mol. The van der Waals surface area contributed by atoms with Crippen LogP contribution in [0.3, 0.4) is 0 Å².